The minimum Gasteiger partial charge on any atom is -0.376 e. The molecule has 0 aromatic heterocycles. The Hall–Kier alpha value is -1.95. The highest BCUT2D eigenvalue weighted by Gasteiger charge is 2.10. The normalized spacial score (nSPS) is 11.7. The number of anilines is 1. The fraction of sp³-hybridized carbons (Fsp3) is 0.400. The minimum absolute atomic E-state index is 0.0117. The van der Waals surface area contributed by atoms with Gasteiger partial charge in [-0.25, -0.2) is 0 Å². The lowest BCUT2D eigenvalue weighted by Crippen LogP contribution is -2.39. The predicted molar refractivity (Wildman–Crippen MR) is 75.3 cm³/mol. The largest absolute Gasteiger partial charge is 0.376 e. The highest BCUT2D eigenvalue weighted by molar-refractivity contribution is 5.81. The summed E-state index contributed by atoms with van der Waals surface area (Å²) in [6, 6.07) is 7.63. The molecule has 1 unspecified atom stereocenters. The molecule has 1 rings (SSSR count). The molecule has 96 valence electrons. The molecule has 1 aromatic carbocycles. The van der Waals surface area contributed by atoms with Gasteiger partial charge in [0.25, 0.3) is 0 Å². The molecule has 0 radical (unpaired) electrons. The van der Waals surface area contributed by atoms with E-state index in [1.165, 1.54) is 0 Å². The molecule has 0 bridgehead atoms. The Kier molecular flexibility index (Phi) is 5.26. The van der Waals surface area contributed by atoms with Crippen molar-refractivity contribution in [1.82, 2.24) is 5.32 Å². The van der Waals surface area contributed by atoms with E-state index in [0.717, 1.165) is 11.3 Å². The Morgan fingerprint density at radius 1 is 1.39 bits per heavy atom. The Labute approximate surface area is 109 Å². The van der Waals surface area contributed by atoms with Crippen LogP contribution >= 0.6 is 0 Å². The van der Waals surface area contributed by atoms with E-state index in [0.29, 0.717) is 5.92 Å². The molecular weight excluding hydrogens is 224 g/mol. The van der Waals surface area contributed by atoms with E-state index < -0.39 is 0 Å². The number of terminal acetylenes is 1. The molecule has 1 atom stereocenters. The van der Waals surface area contributed by atoms with Gasteiger partial charge in [-0.05, 0) is 31.0 Å². The van der Waals surface area contributed by atoms with Crippen LogP contribution in [0.3, 0.4) is 0 Å². The van der Waals surface area contributed by atoms with Gasteiger partial charge in [0.2, 0.25) is 5.91 Å². The van der Waals surface area contributed by atoms with Crippen molar-refractivity contribution in [3.63, 3.8) is 0 Å². The van der Waals surface area contributed by atoms with Crippen molar-refractivity contribution in [2.45, 2.75) is 26.8 Å². The Balaban J connectivity index is 2.45. The molecule has 2 N–H and O–H groups in total. The monoisotopic (exact) mass is 244 g/mol. The van der Waals surface area contributed by atoms with Crippen molar-refractivity contribution in [2.75, 3.05) is 11.9 Å². The summed E-state index contributed by atoms with van der Waals surface area (Å²) in [6.45, 7) is 6.41. The van der Waals surface area contributed by atoms with Crippen molar-refractivity contribution >= 4 is 11.6 Å². The van der Waals surface area contributed by atoms with Gasteiger partial charge in [0.15, 0.2) is 0 Å². The summed E-state index contributed by atoms with van der Waals surface area (Å²) in [6.07, 6.45) is 5.32. The molecule has 1 amide bonds. The number of nitrogens with one attached hydrogen (secondary N) is 2. The molecule has 3 heteroatoms. The van der Waals surface area contributed by atoms with Gasteiger partial charge in [0.05, 0.1) is 6.54 Å². The quantitative estimate of drug-likeness (QED) is 0.780. The van der Waals surface area contributed by atoms with Crippen molar-refractivity contribution < 1.29 is 4.79 Å². The summed E-state index contributed by atoms with van der Waals surface area (Å²) in [5.41, 5.74) is 1.66. The van der Waals surface area contributed by atoms with E-state index in [-0.39, 0.29) is 18.5 Å². The first-order valence-corrected chi connectivity index (χ1v) is 6.13. The van der Waals surface area contributed by atoms with Crippen LogP contribution in [0.1, 0.15) is 26.3 Å². The Morgan fingerprint density at radius 3 is 2.72 bits per heavy atom. The number of carbonyl (C=O) groups is 1. The van der Waals surface area contributed by atoms with Crippen LogP contribution in [0, 0.1) is 18.3 Å². The van der Waals surface area contributed by atoms with Crippen LogP contribution < -0.4 is 10.6 Å². The molecular formula is C15H20N2O. The molecule has 0 saturated heterocycles. The smallest absolute Gasteiger partial charge is 0.239 e. The predicted octanol–water partition coefficient (Wildman–Crippen LogP) is 2.24. The van der Waals surface area contributed by atoms with Crippen LogP contribution in [0.4, 0.5) is 5.69 Å². The fourth-order valence-electron chi connectivity index (χ4n) is 1.37. The first-order valence-electron chi connectivity index (χ1n) is 6.13. The number of benzene rings is 1. The SMILES string of the molecule is C#Cc1cccc(NCC(=O)NC(C)C(C)C)c1. The summed E-state index contributed by atoms with van der Waals surface area (Å²) >= 11 is 0. The summed E-state index contributed by atoms with van der Waals surface area (Å²) in [7, 11) is 0. The van der Waals surface area contributed by atoms with E-state index in [2.05, 4.69) is 30.4 Å². The van der Waals surface area contributed by atoms with Crippen LogP contribution in [0.25, 0.3) is 0 Å². The van der Waals surface area contributed by atoms with E-state index in [1.54, 1.807) is 0 Å². The third kappa shape index (κ3) is 4.50. The molecule has 0 aliphatic heterocycles. The first-order chi connectivity index (χ1) is 8.52. The topological polar surface area (TPSA) is 41.1 Å². The van der Waals surface area contributed by atoms with Gasteiger partial charge in [-0.3, -0.25) is 4.79 Å². The second-order valence-electron chi connectivity index (χ2n) is 4.68. The zero-order valence-corrected chi connectivity index (χ0v) is 11.2. The van der Waals surface area contributed by atoms with Crippen LogP contribution in [0.2, 0.25) is 0 Å². The zero-order chi connectivity index (χ0) is 13.5. The lowest BCUT2D eigenvalue weighted by Gasteiger charge is -2.17. The minimum atomic E-state index is -0.0117. The van der Waals surface area contributed by atoms with Crippen molar-refractivity contribution in [2.24, 2.45) is 5.92 Å². The maximum absolute atomic E-state index is 11.7. The van der Waals surface area contributed by atoms with Crippen LogP contribution in [-0.4, -0.2) is 18.5 Å². The molecule has 0 aliphatic carbocycles. The van der Waals surface area contributed by atoms with E-state index in [4.69, 9.17) is 6.42 Å². The second kappa shape index (κ2) is 6.70. The van der Waals surface area contributed by atoms with Crippen molar-refractivity contribution in [3.05, 3.63) is 29.8 Å². The van der Waals surface area contributed by atoms with Crippen molar-refractivity contribution in [1.29, 1.82) is 0 Å². The van der Waals surface area contributed by atoms with Crippen LogP contribution in [0.15, 0.2) is 24.3 Å². The fourth-order valence-corrected chi connectivity index (χ4v) is 1.37. The number of amides is 1. The molecule has 0 fully saturated rings. The van der Waals surface area contributed by atoms with Gasteiger partial charge in [-0.2, -0.15) is 0 Å². The molecule has 0 aliphatic rings. The number of hydrogen-bond donors (Lipinski definition) is 2. The maximum Gasteiger partial charge on any atom is 0.239 e. The van der Waals surface area contributed by atoms with Gasteiger partial charge in [0, 0.05) is 17.3 Å². The molecule has 3 nitrogen and oxygen atoms in total. The van der Waals surface area contributed by atoms with Gasteiger partial charge < -0.3 is 10.6 Å². The van der Waals surface area contributed by atoms with Crippen LogP contribution in [-0.2, 0) is 4.79 Å². The van der Waals surface area contributed by atoms with E-state index in [1.807, 2.05) is 31.2 Å². The third-order valence-corrected chi connectivity index (χ3v) is 2.87. The molecule has 18 heavy (non-hydrogen) atoms. The Bertz CT molecular complexity index is 446. The summed E-state index contributed by atoms with van der Waals surface area (Å²) < 4.78 is 0. The maximum atomic E-state index is 11.7. The lowest BCUT2D eigenvalue weighted by atomic mass is 10.1. The summed E-state index contributed by atoms with van der Waals surface area (Å²) in [4.78, 5) is 11.7. The number of carbonyl (C=O) groups excluding carboxylic acids is 1. The second-order valence-corrected chi connectivity index (χ2v) is 4.68. The van der Waals surface area contributed by atoms with Gasteiger partial charge >= 0.3 is 0 Å². The summed E-state index contributed by atoms with van der Waals surface area (Å²) in [5, 5.41) is 5.99. The van der Waals surface area contributed by atoms with Gasteiger partial charge in [-0.1, -0.05) is 25.8 Å². The standard InChI is InChI=1S/C15H20N2O/c1-5-13-7-6-8-14(9-13)16-10-15(18)17-12(4)11(2)3/h1,6-9,11-12,16H,10H2,2-4H3,(H,17,18). The van der Waals surface area contributed by atoms with Crippen LogP contribution in [0.5, 0.6) is 0 Å². The van der Waals surface area contributed by atoms with Crippen molar-refractivity contribution in [3.8, 4) is 12.3 Å². The number of hydrogen-bond acceptors (Lipinski definition) is 2. The van der Waals surface area contributed by atoms with Gasteiger partial charge in [0.1, 0.15) is 0 Å². The molecule has 1 aromatic rings. The summed E-state index contributed by atoms with van der Waals surface area (Å²) in [5.74, 6) is 2.98. The molecule has 0 heterocycles. The lowest BCUT2D eigenvalue weighted by molar-refractivity contribution is -0.120. The third-order valence-electron chi connectivity index (χ3n) is 2.87. The van der Waals surface area contributed by atoms with E-state index in [9.17, 15) is 4.79 Å². The molecule has 0 spiro atoms. The highest BCUT2D eigenvalue weighted by Crippen LogP contribution is 2.09. The zero-order valence-electron chi connectivity index (χ0n) is 11.2. The Morgan fingerprint density at radius 2 is 2.11 bits per heavy atom. The molecule has 0 saturated carbocycles. The van der Waals surface area contributed by atoms with Gasteiger partial charge in [-0.15, -0.1) is 6.42 Å². The van der Waals surface area contributed by atoms with E-state index >= 15 is 0 Å². The average Bonchev–Trinajstić information content (AvgIpc) is 2.36. The highest BCUT2D eigenvalue weighted by atomic mass is 16.1. The average molecular weight is 244 g/mol. The first kappa shape index (κ1) is 14.1. The number of rotatable bonds is 5.